The molecule has 0 saturated carbocycles. The third-order valence-corrected chi connectivity index (χ3v) is 6.62. The van der Waals surface area contributed by atoms with Crippen LogP contribution in [0.4, 0.5) is 10.8 Å². The van der Waals surface area contributed by atoms with Crippen molar-refractivity contribution < 1.29 is 13.2 Å². The van der Waals surface area contributed by atoms with Crippen molar-refractivity contribution >= 4 is 61.4 Å². The molecule has 0 spiro atoms. The van der Waals surface area contributed by atoms with E-state index in [2.05, 4.69) is 22.1 Å². The summed E-state index contributed by atoms with van der Waals surface area (Å²) in [5.74, 6) is 0.155. The highest BCUT2D eigenvalue weighted by atomic mass is 35.5. The van der Waals surface area contributed by atoms with Crippen LogP contribution in [0.1, 0.15) is 5.56 Å². The molecule has 1 aromatic heterocycles. The third kappa shape index (κ3) is 5.70. The third-order valence-electron chi connectivity index (χ3n) is 3.11. The van der Waals surface area contributed by atoms with E-state index in [4.69, 9.17) is 11.6 Å². The van der Waals surface area contributed by atoms with Gasteiger partial charge in [0.15, 0.2) is 4.34 Å². The Hall–Kier alpha value is -1.62. The molecule has 26 heavy (non-hydrogen) atoms. The number of halogens is 1. The Balaban J connectivity index is 2.13. The summed E-state index contributed by atoms with van der Waals surface area (Å²) in [6, 6.07) is 4.81. The van der Waals surface area contributed by atoms with Gasteiger partial charge in [-0.25, -0.2) is 8.42 Å². The molecule has 0 saturated heterocycles. The smallest absolute Gasteiger partial charge is 0.246 e. The molecule has 0 aliphatic rings. The molecule has 1 heterocycles. The second-order valence-electron chi connectivity index (χ2n) is 5.22. The Morgan fingerprint density at radius 2 is 2.19 bits per heavy atom. The van der Waals surface area contributed by atoms with Gasteiger partial charge in [-0.1, -0.05) is 46.8 Å². The standard InChI is InChI=1S/C15H17ClN4O3S3/c1-4-7-24-15-19-18-14(25-15)17-13(21)9-20(26(3,22)23)11-6-5-10(2)12(16)8-11/h4-6,8H,1,7,9H2,2-3H3,(H,17,18,21). The van der Waals surface area contributed by atoms with E-state index in [1.807, 2.05) is 0 Å². The fraction of sp³-hybridized carbons (Fsp3) is 0.267. The van der Waals surface area contributed by atoms with Crippen LogP contribution in [0.15, 0.2) is 35.2 Å². The summed E-state index contributed by atoms with van der Waals surface area (Å²) in [6.45, 7) is 5.03. The second-order valence-corrected chi connectivity index (χ2v) is 9.78. The number of hydrogen-bond donors (Lipinski definition) is 1. The first kappa shape index (κ1) is 20.7. The quantitative estimate of drug-likeness (QED) is 0.391. The van der Waals surface area contributed by atoms with Crippen molar-refractivity contribution in [2.24, 2.45) is 0 Å². The molecule has 0 aliphatic heterocycles. The lowest BCUT2D eigenvalue weighted by Gasteiger charge is -2.22. The number of aromatic nitrogens is 2. The van der Waals surface area contributed by atoms with Crippen LogP contribution in [0.5, 0.6) is 0 Å². The van der Waals surface area contributed by atoms with Gasteiger partial charge in [-0.05, 0) is 24.6 Å². The molecule has 2 aromatic rings. The average Bonchev–Trinajstić information content (AvgIpc) is 2.99. The number of carbonyl (C=O) groups is 1. The predicted molar refractivity (Wildman–Crippen MR) is 108 cm³/mol. The lowest BCUT2D eigenvalue weighted by atomic mass is 10.2. The topological polar surface area (TPSA) is 92.3 Å². The number of benzene rings is 1. The maximum atomic E-state index is 12.3. The zero-order valence-electron chi connectivity index (χ0n) is 14.1. The number of aryl methyl sites for hydroxylation is 1. The first-order valence-corrected chi connectivity index (χ1v) is 11.3. The molecule has 2 rings (SSSR count). The van der Waals surface area contributed by atoms with Gasteiger partial charge < -0.3 is 0 Å². The van der Waals surface area contributed by atoms with E-state index in [1.165, 1.54) is 29.2 Å². The Morgan fingerprint density at radius 1 is 1.46 bits per heavy atom. The number of carbonyl (C=O) groups excluding carboxylic acids is 1. The molecule has 0 bridgehead atoms. The Bertz CT molecular complexity index is 915. The molecule has 1 amide bonds. The molecule has 1 aromatic carbocycles. The molecule has 0 unspecified atom stereocenters. The molecule has 1 N–H and O–H groups in total. The van der Waals surface area contributed by atoms with Gasteiger partial charge in [0.2, 0.25) is 21.1 Å². The molecule has 0 radical (unpaired) electrons. The minimum absolute atomic E-state index is 0.303. The molecular weight excluding hydrogens is 416 g/mol. The van der Waals surface area contributed by atoms with Crippen LogP contribution in [0.2, 0.25) is 5.02 Å². The van der Waals surface area contributed by atoms with Gasteiger partial charge in [-0.15, -0.1) is 16.8 Å². The van der Waals surface area contributed by atoms with E-state index >= 15 is 0 Å². The number of amides is 1. The van der Waals surface area contributed by atoms with Crippen molar-refractivity contribution in [1.29, 1.82) is 0 Å². The molecule has 0 aliphatic carbocycles. The lowest BCUT2D eigenvalue weighted by molar-refractivity contribution is -0.114. The van der Waals surface area contributed by atoms with Gasteiger partial charge >= 0.3 is 0 Å². The minimum atomic E-state index is -3.68. The average molecular weight is 433 g/mol. The first-order valence-electron chi connectivity index (χ1n) is 7.31. The molecule has 0 fully saturated rings. The van der Waals surface area contributed by atoms with E-state index in [9.17, 15) is 13.2 Å². The van der Waals surface area contributed by atoms with Crippen LogP contribution < -0.4 is 9.62 Å². The van der Waals surface area contributed by atoms with Gasteiger partial charge in [-0.3, -0.25) is 14.4 Å². The van der Waals surface area contributed by atoms with Crippen molar-refractivity contribution in [1.82, 2.24) is 10.2 Å². The van der Waals surface area contributed by atoms with Gasteiger partial charge in [0, 0.05) is 10.8 Å². The van der Waals surface area contributed by atoms with E-state index in [0.29, 0.717) is 25.9 Å². The normalized spacial score (nSPS) is 11.2. The Morgan fingerprint density at radius 3 is 2.81 bits per heavy atom. The molecule has 11 heteroatoms. The van der Waals surface area contributed by atoms with Crippen LogP contribution in [-0.4, -0.2) is 43.1 Å². The first-order chi connectivity index (χ1) is 12.2. The molecule has 7 nitrogen and oxygen atoms in total. The maximum Gasteiger partial charge on any atom is 0.246 e. The number of thioether (sulfide) groups is 1. The van der Waals surface area contributed by atoms with Crippen molar-refractivity contribution in [2.45, 2.75) is 11.3 Å². The van der Waals surface area contributed by atoms with Gasteiger partial charge in [0.1, 0.15) is 6.54 Å². The summed E-state index contributed by atoms with van der Waals surface area (Å²) in [5.41, 5.74) is 1.13. The summed E-state index contributed by atoms with van der Waals surface area (Å²) in [4.78, 5) is 12.3. The van der Waals surface area contributed by atoms with Crippen molar-refractivity contribution in [3.63, 3.8) is 0 Å². The number of sulfonamides is 1. The zero-order valence-corrected chi connectivity index (χ0v) is 17.3. The number of anilines is 2. The lowest BCUT2D eigenvalue weighted by Crippen LogP contribution is -2.37. The van der Waals surface area contributed by atoms with Crippen LogP contribution in [0, 0.1) is 6.92 Å². The van der Waals surface area contributed by atoms with Crippen molar-refractivity contribution in [3.8, 4) is 0 Å². The fourth-order valence-corrected chi connectivity index (χ4v) is 4.43. The highest BCUT2D eigenvalue weighted by Crippen LogP contribution is 2.27. The fourth-order valence-electron chi connectivity index (χ4n) is 1.87. The highest BCUT2D eigenvalue weighted by molar-refractivity contribution is 8.01. The summed E-state index contributed by atoms with van der Waals surface area (Å²) >= 11 is 8.72. The molecular formula is C15H17ClN4O3S3. The predicted octanol–water partition coefficient (Wildman–Crippen LogP) is 3.18. The van der Waals surface area contributed by atoms with Gasteiger partial charge in [-0.2, -0.15) is 0 Å². The zero-order chi connectivity index (χ0) is 19.3. The number of rotatable bonds is 8. The minimum Gasteiger partial charge on any atom is -0.299 e. The van der Waals surface area contributed by atoms with E-state index in [0.717, 1.165) is 16.1 Å². The van der Waals surface area contributed by atoms with E-state index in [1.54, 1.807) is 25.1 Å². The molecule has 0 atom stereocenters. The summed E-state index contributed by atoms with van der Waals surface area (Å²) < 4.78 is 25.9. The number of nitrogens with one attached hydrogen (secondary N) is 1. The monoisotopic (exact) mass is 432 g/mol. The van der Waals surface area contributed by atoms with E-state index < -0.39 is 22.5 Å². The largest absolute Gasteiger partial charge is 0.299 e. The molecule has 140 valence electrons. The Labute approximate surface area is 165 Å². The SMILES string of the molecule is C=CCSc1nnc(NC(=O)CN(c2ccc(C)c(Cl)c2)S(C)(=O)=O)s1. The van der Waals surface area contributed by atoms with Crippen LogP contribution in [0.3, 0.4) is 0 Å². The Kier molecular flexibility index (Phi) is 7.04. The summed E-state index contributed by atoms with van der Waals surface area (Å²) in [5, 5.41) is 11.1. The van der Waals surface area contributed by atoms with Crippen LogP contribution in [0.25, 0.3) is 0 Å². The second kappa shape index (κ2) is 8.85. The summed E-state index contributed by atoms with van der Waals surface area (Å²) in [7, 11) is -3.68. The number of hydrogen-bond acceptors (Lipinski definition) is 7. The van der Waals surface area contributed by atoms with Gasteiger partial charge in [0.25, 0.3) is 0 Å². The van der Waals surface area contributed by atoms with Crippen LogP contribution >= 0.6 is 34.7 Å². The van der Waals surface area contributed by atoms with Gasteiger partial charge in [0.05, 0.1) is 11.9 Å². The van der Waals surface area contributed by atoms with Crippen molar-refractivity contribution in [2.75, 3.05) is 28.2 Å². The van der Waals surface area contributed by atoms with E-state index in [-0.39, 0.29) is 0 Å². The summed E-state index contributed by atoms with van der Waals surface area (Å²) in [6.07, 6.45) is 2.77. The number of nitrogens with zero attached hydrogens (tertiary/aromatic N) is 3. The maximum absolute atomic E-state index is 12.3. The van der Waals surface area contributed by atoms with Crippen molar-refractivity contribution in [3.05, 3.63) is 41.4 Å². The highest BCUT2D eigenvalue weighted by Gasteiger charge is 2.22. The van der Waals surface area contributed by atoms with Crippen LogP contribution in [-0.2, 0) is 14.8 Å².